The molecular weight excluding hydrogens is 374 g/mol. The van der Waals surface area contributed by atoms with Crippen molar-refractivity contribution in [3.05, 3.63) is 30.1 Å². The van der Waals surface area contributed by atoms with E-state index in [0.29, 0.717) is 24.4 Å². The summed E-state index contributed by atoms with van der Waals surface area (Å²) >= 11 is 0. The first-order valence-corrected chi connectivity index (χ1v) is 12.1. The first-order chi connectivity index (χ1) is 14.7. The Morgan fingerprint density at radius 3 is 2.60 bits per heavy atom. The lowest BCUT2D eigenvalue weighted by Crippen LogP contribution is -2.49. The summed E-state index contributed by atoms with van der Waals surface area (Å²) in [7, 11) is 0. The van der Waals surface area contributed by atoms with Gasteiger partial charge in [0, 0.05) is 37.6 Å². The zero-order chi connectivity index (χ0) is 20.9. The van der Waals surface area contributed by atoms with Crippen molar-refractivity contribution >= 4 is 5.91 Å². The van der Waals surface area contributed by atoms with Gasteiger partial charge in [-0.1, -0.05) is 32.8 Å². The van der Waals surface area contributed by atoms with Crippen molar-refractivity contribution in [2.75, 3.05) is 19.6 Å². The highest BCUT2D eigenvalue weighted by Gasteiger charge is 2.39. The zero-order valence-electron chi connectivity index (χ0n) is 18.7. The number of carbonyl (C=O) groups excluding carboxylic acids is 1. The Kier molecular flexibility index (Phi) is 7.39. The molecule has 2 saturated heterocycles. The molecule has 3 unspecified atom stereocenters. The molecule has 0 aromatic carbocycles. The number of hydrazine groups is 1. The molecule has 1 aliphatic carbocycles. The van der Waals surface area contributed by atoms with Crippen molar-refractivity contribution in [2.24, 2.45) is 11.8 Å². The largest absolute Gasteiger partial charge is 0.337 e. The first kappa shape index (κ1) is 21.7. The molecule has 6 heteroatoms. The molecule has 4 rings (SSSR count). The number of hydrogen-bond acceptors (Lipinski definition) is 5. The molecule has 6 nitrogen and oxygen atoms in total. The Hall–Kier alpha value is -1.50. The summed E-state index contributed by atoms with van der Waals surface area (Å²) in [6.45, 7) is 8.26. The van der Waals surface area contributed by atoms with Crippen LogP contribution >= 0.6 is 0 Å². The van der Waals surface area contributed by atoms with Crippen LogP contribution < -0.4 is 10.9 Å². The SMILES string of the molecule is CCC1NNC(C(=O)N(Cc2cccnc2)CC2CCN(C3CCCC3)CC2)C1C. The highest BCUT2D eigenvalue weighted by atomic mass is 16.2. The second-order valence-electron chi connectivity index (χ2n) is 9.64. The number of likely N-dealkylation sites (tertiary alicyclic amines) is 1. The molecule has 1 saturated carbocycles. The molecule has 2 N–H and O–H groups in total. The molecule has 3 atom stereocenters. The summed E-state index contributed by atoms with van der Waals surface area (Å²) in [4.78, 5) is 22.6. The van der Waals surface area contributed by atoms with Gasteiger partial charge in [0.1, 0.15) is 6.04 Å². The first-order valence-electron chi connectivity index (χ1n) is 12.1. The van der Waals surface area contributed by atoms with E-state index in [9.17, 15) is 4.79 Å². The van der Waals surface area contributed by atoms with Gasteiger partial charge in [-0.05, 0) is 68.7 Å². The molecule has 1 amide bonds. The van der Waals surface area contributed by atoms with Crippen molar-refractivity contribution in [1.29, 1.82) is 0 Å². The third-order valence-corrected chi connectivity index (χ3v) is 7.67. The van der Waals surface area contributed by atoms with Gasteiger partial charge in [-0.3, -0.25) is 15.2 Å². The van der Waals surface area contributed by atoms with E-state index in [-0.39, 0.29) is 11.9 Å². The molecule has 1 aromatic heterocycles. The maximum atomic E-state index is 13.6. The predicted octanol–water partition coefficient (Wildman–Crippen LogP) is 2.96. The second kappa shape index (κ2) is 10.2. The predicted molar refractivity (Wildman–Crippen MR) is 120 cm³/mol. The molecule has 30 heavy (non-hydrogen) atoms. The van der Waals surface area contributed by atoms with E-state index in [1.165, 1.54) is 51.6 Å². The van der Waals surface area contributed by atoms with E-state index in [1.807, 2.05) is 12.3 Å². The van der Waals surface area contributed by atoms with Crippen LogP contribution in [-0.2, 0) is 11.3 Å². The fourth-order valence-electron chi connectivity index (χ4n) is 5.68. The number of nitrogens with one attached hydrogen (secondary N) is 2. The minimum absolute atomic E-state index is 0.148. The van der Waals surface area contributed by atoms with Crippen molar-refractivity contribution in [2.45, 2.75) is 83.5 Å². The molecule has 0 bridgehead atoms. The van der Waals surface area contributed by atoms with Gasteiger partial charge in [0.05, 0.1) is 0 Å². The van der Waals surface area contributed by atoms with Crippen molar-refractivity contribution in [3.8, 4) is 0 Å². The Balaban J connectivity index is 1.39. The molecule has 166 valence electrons. The van der Waals surface area contributed by atoms with Gasteiger partial charge in [-0.25, -0.2) is 5.43 Å². The van der Waals surface area contributed by atoms with E-state index in [1.54, 1.807) is 6.20 Å². The summed E-state index contributed by atoms with van der Waals surface area (Å²) < 4.78 is 0. The van der Waals surface area contributed by atoms with Gasteiger partial charge >= 0.3 is 0 Å². The van der Waals surface area contributed by atoms with Crippen molar-refractivity contribution < 1.29 is 4.79 Å². The van der Waals surface area contributed by atoms with Crippen LogP contribution in [0.1, 0.15) is 64.4 Å². The number of pyridine rings is 1. The monoisotopic (exact) mass is 413 g/mol. The molecule has 0 spiro atoms. The minimum Gasteiger partial charge on any atom is -0.337 e. The maximum Gasteiger partial charge on any atom is 0.241 e. The standard InChI is InChI=1S/C24H39N5O/c1-3-22-18(2)23(27-26-22)24(30)29(17-20-7-6-12-25-15-20)16-19-10-13-28(14-11-19)21-8-4-5-9-21/h6-7,12,15,18-19,21-23,26-27H,3-5,8-11,13-14,16-17H2,1-2H3. The fraction of sp³-hybridized carbons (Fsp3) is 0.750. The van der Waals surface area contributed by atoms with Gasteiger partial charge in [0.25, 0.3) is 0 Å². The molecule has 2 aliphatic heterocycles. The Bertz CT molecular complexity index is 669. The Labute approximate surface area is 181 Å². The molecule has 1 aromatic rings. The number of amides is 1. The molecule has 3 fully saturated rings. The lowest BCUT2D eigenvalue weighted by atomic mass is 9.92. The number of piperidine rings is 1. The smallest absolute Gasteiger partial charge is 0.241 e. The zero-order valence-corrected chi connectivity index (χ0v) is 18.7. The molecule has 0 radical (unpaired) electrons. The van der Waals surface area contributed by atoms with Crippen LogP contribution in [0.2, 0.25) is 0 Å². The number of rotatable bonds is 7. The van der Waals surface area contributed by atoms with Crippen molar-refractivity contribution in [3.63, 3.8) is 0 Å². The normalized spacial score (nSPS) is 28.8. The number of aromatic nitrogens is 1. The van der Waals surface area contributed by atoms with Gasteiger partial charge in [0.2, 0.25) is 5.91 Å². The summed E-state index contributed by atoms with van der Waals surface area (Å²) in [6, 6.07) is 5.07. The average Bonchev–Trinajstić information content (AvgIpc) is 3.44. The molecule has 3 aliphatic rings. The molecular formula is C24H39N5O. The van der Waals surface area contributed by atoms with E-state index in [4.69, 9.17) is 0 Å². The van der Waals surface area contributed by atoms with E-state index >= 15 is 0 Å². The fourth-order valence-corrected chi connectivity index (χ4v) is 5.68. The maximum absolute atomic E-state index is 13.6. The lowest BCUT2D eigenvalue weighted by molar-refractivity contribution is -0.135. The van der Waals surface area contributed by atoms with Gasteiger partial charge in [-0.15, -0.1) is 0 Å². The highest BCUT2D eigenvalue weighted by Crippen LogP contribution is 2.29. The van der Waals surface area contributed by atoms with Crippen LogP contribution in [0.15, 0.2) is 24.5 Å². The second-order valence-corrected chi connectivity index (χ2v) is 9.64. The lowest BCUT2D eigenvalue weighted by Gasteiger charge is -2.38. The highest BCUT2D eigenvalue weighted by molar-refractivity contribution is 5.82. The van der Waals surface area contributed by atoms with Crippen LogP contribution in [-0.4, -0.2) is 58.5 Å². The quantitative estimate of drug-likeness (QED) is 0.720. The third-order valence-electron chi connectivity index (χ3n) is 7.67. The number of nitrogens with zero attached hydrogens (tertiary/aromatic N) is 3. The van der Waals surface area contributed by atoms with Crippen LogP contribution in [0.25, 0.3) is 0 Å². The summed E-state index contributed by atoms with van der Waals surface area (Å²) in [5, 5.41) is 0. The van der Waals surface area contributed by atoms with Gasteiger partial charge < -0.3 is 9.80 Å². The third kappa shape index (κ3) is 5.04. The summed E-state index contributed by atoms with van der Waals surface area (Å²) in [5.41, 5.74) is 7.73. The summed E-state index contributed by atoms with van der Waals surface area (Å²) in [5.74, 6) is 1.12. The van der Waals surface area contributed by atoms with Gasteiger partial charge in [0.15, 0.2) is 0 Å². The van der Waals surface area contributed by atoms with Crippen molar-refractivity contribution in [1.82, 2.24) is 25.6 Å². The minimum atomic E-state index is -0.148. The average molecular weight is 414 g/mol. The number of hydrogen-bond donors (Lipinski definition) is 2. The van der Waals surface area contributed by atoms with E-state index < -0.39 is 0 Å². The molecule has 3 heterocycles. The van der Waals surface area contributed by atoms with Gasteiger partial charge in [-0.2, -0.15) is 0 Å². The van der Waals surface area contributed by atoms with Crippen LogP contribution in [0.5, 0.6) is 0 Å². The Morgan fingerprint density at radius 2 is 1.97 bits per heavy atom. The van der Waals surface area contributed by atoms with Crippen LogP contribution in [0.3, 0.4) is 0 Å². The van der Waals surface area contributed by atoms with Crippen LogP contribution in [0.4, 0.5) is 0 Å². The van der Waals surface area contributed by atoms with Crippen LogP contribution in [0, 0.1) is 11.8 Å². The topological polar surface area (TPSA) is 60.5 Å². The Morgan fingerprint density at radius 1 is 1.20 bits per heavy atom. The van der Waals surface area contributed by atoms with E-state index in [2.05, 4.69) is 45.5 Å². The number of carbonyl (C=O) groups is 1. The van der Waals surface area contributed by atoms with E-state index in [0.717, 1.165) is 24.6 Å². The summed E-state index contributed by atoms with van der Waals surface area (Å²) in [6.07, 6.45) is 12.7.